The van der Waals surface area contributed by atoms with Crippen molar-refractivity contribution in [3.8, 4) is 5.75 Å². The predicted octanol–water partition coefficient (Wildman–Crippen LogP) is 5.97. The van der Waals surface area contributed by atoms with Crippen LogP contribution >= 0.6 is 11.6 Å². The van der Waals surface area contributed by atoms with Gasteiger partial charge in [-0.3, -0.25) is 14.7 Å². The minimum Gasteiger partial charge on any atom is -0.490 e. The fourth-order valence-electron chi connectivity index (χ4n) is 5.82. The van der Waals surface area contributed by atoms with Gasteiger partial charge >= 0.3 is 5.97 Å². The quantitative estimate of drug-likeness (QED) is 0.358. The SMILES string of the molecule is CC(C)Cc1ncc(CN2CCC(F)(COc3cc(F)c(C(=O)N4C[C@H](F)C[C@H]4C(=O)O)cc3C3CC3)CC2)cc1Cl. The number of benzene rings is 1. The van der Waals surface area contributed by atoms with E-state index in [9.17, 15) is 19.1 Å². The van der Waals surface area contributed by atoms with Crippen molar-refractivity contribution < 1.29 is 32.6 Å². The summed E-state index contributed by atoms with van der Waals surface area (Å²) in [5.74, 6) is -2.42. The Kier molecular flexibility index (Phi) is 9.04. The van der Waals surface area contributed by atoms with Gasteiger partial charge in [0.2, 0.25) is 0 Å². The molecule has 1 amide bonds. The molecule has 1 saturated carbocycles. The van der Waals surface area contributed by atoms with E-state index in [0.717, 1.165) is 41.5 Å². The van der Waals surface area contributed by atoms with Crippen LogP contribution in [-0.4, -0.2) is 75.9 Å². The van der Waals surface area contributed by atoms with E-state index in [0.29, 0.717) is 36.1 Å². The van der Waals surface area contributed by atoms with E-state index in [4.69, 9.17) is 16.3 Å². The summed E-state index contributed by atoms with van der Waals surface area (Å²) < 4.78 is 50.8. The average molecular weight is 608 g/mol. The number of amides is 1. The molecule has 0 spiro atoms. The molecule has 228 valence electrons. The van der Waals surface area contributed by atoms with Gasteiger partial charge in [-0.25, -0.2) is 18.0 Å². The molecule has 5 rings (SSSR count). The highest BCUT2D eigenvalue weighted by atomic mass is 35.5. The Bertz CT molecular complexity index is 1330. The van der Waals surface area contributed by atoms with Gasteiger partial charge in [0.05, 0.1) is 22.8 Å². The van der Waals surface area contributed by atoms with Crippen LogP contribution in [0.5, 0.6) is 5.75 Å². The number of nitrogens with zero attached hydrogens (tertiary/aromatic N) is 3. The fraction of sp³-hybridized carbons (Fsp3) is 0.581. The number of carbonyl (C=O) groups excluding carboxylic acids is 1. The van der Waals surface area contributed by atoms with Crippen LogP contribution in [0, 0.1) is 11.7 Å². The number of aromatic nitrogens is 1. The molecular formula is C31H37ClF3N3O4. The molecule has 3 aliphatic rings. The third-order valence-electron chi connectivity index (χ3n) is 8.36. The summed E-state index contributed by atoms with van der Waals surface area (Å²) in [5, 5.41) is 10.0. The number of carbonyl (C=O) groups is 2. The lowest BCUT2D eigenvalue weighted by molar-refractivity contribution is -0.141. The minimum absolute atomic E-state index is 0.0414. The monoisotopic (exact) mass is 607 g/mol. The van der Waals surface area contributed by atoms with E-state index in [1.54, 1.807) is 0 Å². The summed E-state index contributed by atoms with van der Waals surface area (Å²) in [4.78, 5) is 32.1. The number of hydrogen-bond donors (Lipinski definition) is 1. The minimum atomic E-state index is -1.60. The molecule has 3 heterocycles. The molecular weight excluding hydrogens is 571 g/mol. The highest BCUT2D eigenvalue weighted by Gasteiger charge is 2.42. The van der Waals surface area contributed by atoms with E-state index in [1.807, 2.05) is 12.3 Å². The molecule has 1 N–H and O–H groups in total. The van der Waals surface area contributed by atoms with Crippen LogP contribution in [0.15, 0.2) is 24.4 Å². The molecule has 1 aromatic carbocycles. The summed E-state index contributed by atoms with van der Waals surface area (Å²) in [5.41, 5.74) is 0.524. The third-order valence-corrected chi connectivity index (χ3v) is 8.69. The first kappa shape index (κ1) is 30.6. The average Bonchev–Trinajstić information content (AvgIpc) is 3.70. The zero-order valence-electron chi connectivity index (χ0n) is 23.9. The van der Waals surface area contributed by atoms with Gasteiger partial charge in [0.1, 0.15) is 36.1 Å². The maximum Gasteiger partial charge on any atom is 0.326 e. The standard InChI is InChI=1S/C31H37ClF3N3O4/c1-18(2)9-26-24(32)10-19(14-36-26)15-37-7-5-31(35,6-8-37)17-42-28-13-25(34)23(12-22(28)20-3-4-20)29(39)38-16-21(33)11-27(38)30(40)41/h10,12-14,18,20-21,27H,3-9,11,15-17H2,1-2H3,(H,40,41)/t21-,27+/m1/s1. The summed E-state index contributed by atoms with van der Waals surface area (Å²) >= 11 is 6.43. The first-order valence-corrected chi connectivity index (χ1v) is 15.0. The van der Waals surface area contributed by atoms with Crippen LogP contribution in [0.3, 0.4) is 0 Å². The number of rotatable bonds is 10. The third kappa shape index (κ3) is 7.02. The van der Waals surface area contributed by atoms with Crippen molar-refractivity contribution in [3.63, 3.8) is 0 Å². The van der Waals surface area contributed by atoms with Gasteiger partial charge in [0.25, 0.3) is 5.91 Å². The summed E-state index contributed by atoms with van der Waals surface area (Å²) in [7, 11) is 0. The Morgan fingerprint density at radius 2 is 1.93 bits per heavy atom. The van der Waals surface area contributed by atoms with Crippen molar-refractivity contribution in [2.24, 2.45) is 5.92 Å². The molecule has 3 fully saturated rings. The highest BCUT2D eigenvalue weighted by Crippen LogP contribution is 2.46. The van der Waals surface area contributed by atoms with Crippen molar-refractivity contribution in [2.75, 3.05) is 26.2 Å². The molecule has 0 unspecified atom stereocenters. The molecule has 2 aliphatic heterocycles. The normalized spacial score (nSPS) is 22.5. The van der Waals surface area contributed by atoms with Crippen molar-refractivity contribution in [3.05, 3.63) is 57.6 Å². The maximum atomic E-state index is 15.8. The largest absolute Gasteiger partial charge is 0.490 e. The molecule has 1 aromatic heterocycles. The zero-order chi connectivity index (χ0) is 30.2. The highest BCUT2D eigenvalue weighted by molar-refractivity contribution is 6.31. The molecule has 11 heteroatoms. The van der Waals surface area contributed by atoms with Crippen molar-refractivity contribution in [2.45, 2.75) is 82.7 Å². The van der Waals surface area contributed by atoms with Gasteiger partial charge in [-0.1, -0.05) is 25.4 Å². The van der Waals surface area contributed by atoms with Gasteiger partial charge in [-0.15, -0.1) is 0 Å². The molecule has 7 nitrogen and oxygen atoms in total. The molecule has 2 saturated heterocycles. The van der Waals surface area contributed by atoms with Gasteiger partial charge in [0, 0.05) is 38.3 Å². The van der Waals surface area contributed by atoms with E-state index in [2.05, 4.69) is 23.7 Å². The Morgan fingerprint density at radius 1 is 1.21 bits per heavy atom. The first-order valence-electron chi connectivity index (χ1n) is 14.6. The second-order valence-electron chi connectivity index (χ2n) is 12.4. The van der Waals surface area contributed by atoms with E-state index in [1.165, 1.54) is 6.07 Å². The van der Waals surface area contributed by atoms with E-state index < -0.39 is 42.1 Å². The number of pyridine rings is 1. The lowest BCUT2D eigenvalue weighted by Crippen LogP contribution is -2.44. The number of ether oxygens (including phenoxy) is 1. The van der Waals surface area contributed by atoms with Gasteiger partial charge in [0.15, 0.2) is 0 Å². The molecule has 0 bridgehead atoms. The lowest BCUT2D eigenvalue weighted by atomic mass is 9.94. The van der Waals surface area contributed by atoms with E-state index >= 15 is 8.78 Å². The van der Waals surface area contributed by atoms with Crippen molar-refractivity contribution in [1.82, 2.24) is 14.8 Å². The number of carboxylic acid groups (broad SMARTS) is 1. The summed E-state index contributed by atoms with van der Waals surface area (Å²) in [6.45, 7) is 5.21. The van der Waals surface area contributed by atoms with Gasteiger partial charge in [-0.2, -0.15) is 0 Å². The van der Waals surface area contributed by atoms with Crippen LogP contribution in [0.25, 0.3) is 0 Å². The Morgan fingerprint density at radius 3 is 2.55 bits per heavy atom. The Balaban J connectivity index is 1.21. The second kappa shape index (κ2) is 12.4. The van der Waals surface area contributed by atoms with Crippen LogP contribution in [0.4, 0.5) is 13.2 Å². The van der Waals surface area contributed by atoms with Crippen LogP contribution in [0.2, 0.25) is 5.02 Å². The number of likely N-dealkylation sites (tertiary alicyclic amines) is 2. The Labute approximate surface area is 249 Å². The smallest absolute Gasteiger partial charge is 0.326 e. The number of alkyl halides is 2. The lowest BCUT2D eigenvalue weighted by Gasteiger charge is -2.36. The van der Waals surface area contributed by atoms with Crippen molar-refractivity contribution in [1.29, 1.82) is 0 Å². The molecule has 1 aliphatic carbocycles. The van der Waals surface area contributed by atoms with Crippen LogP contribution in [-0.2, 0) is 17.8 Å². The topological polar surface area (TPSA) is 83.0 Å². The first-order chi connectivity index (χ1) is 19.9. The molecule has 2 atom stereocenters. The number of carboxylic acids is 1. The zero-order valence-corrected chi connectivity index (χ0v) is 24.7. The molecule has 0 radical (unpaired) electrons. The van der Waals surface area contributed by atoms with Crippen LogP contribution < -0.4 is 4.74 Å². The second-order valence-corrected chi connectivity index (χ2v) is 12.8. The molecule has 42 heavy (non-hydrogen) atoms. The van der Waals surface area contributed by atoms with Crippen molar-refractivity contribution >= 4 is 23.5 Å². The number of halogens is 4. The van der Waals surface area contributed by atoms with Gasteiger partial charge in [-0.05, 0) is 67.2 Å². The van der Waals surface area contributed by atoms with Gasteiger partial charge < -0.3 is 14.7 Å². The molecule has 2 aromatic rings. The summed E-state index contributed by atoms with van der Waals surface area (Å²) in [6, 6.07) is 3.03. The number of aliphatic carboxylic acids is 1. The number of piperidine rings is 1. The Hall–Kier alpha value is -2.85. The number of hydrogen-bond acceptors (Lipinski definition) is 5. The predicted molar refractivity (Wildman–Crippen MR) is 152 cm³/mol. The maximum absolute atomic E-state index is 15.8. The fourth-order valence-corrected chi connectivity index (χ4v) is 6.09. The van der Waals surface area contributed by atoms with E-state index in [-0.39, 0.29) is 43.1 Å². The summed E-state index contributed by atoms with van der Waals surface area (Å²) in [6.07, 6.45) is 2.94. The van der Waals surface area contributed by atoms with Crippen LogP contribution in [0.1, 0.15) is 79.0 Å².